The second-order valence-electron chi connectivity index (χ2n) is 5.45. The smallest absolute Gasteiger partial charge is 0.328 e. The molecule has 1 saturated heterocycles. The molecule has 0 aliphatic carbocycles. The summed E-state index contributed by atoms with van der Waals surface area (Å²) in [5.41, 5.74) is 0. The largest absolute Gasteiger partial charge is 0.478 e. The summed E-state index contributed by atoms with van der Waals surface area (Å²) in [4.78, 5) is 28.2. The van der Waals surface area contributed by atoms with Gasteiger partial charge >= 0.3 is 5.97 Å². The molecule has 0 aromatic carbocycles. The van der Waals surface area contributed by atoms with E-state index < -0.39 is 5.97 Å². The van der Waals surface area contributed by atoms with Crippen LogP contribution < -0.4 is 0 Å². The lowest BCUT2D eigenvalue weighted by atomic mass is 10.0. The molecule has 0 atom stereocenters. The highest BCUT2D eigenvalue weighted by Gasteiger charge is 2.20. The molecule has 1 aliphatic rings. The van der Waals surface area contributed by atoms with Crippen LogP contribution in [-0.4, -0.2) is 85.0 Å². The van der Waals surface area contributed by atoms with E-state index in [0.717, 1.165) is 44.6 Å². The Kier molecular flexibility index (Phi) is 6.67. The van der Waals surface area contributed by atoms with Gasteiger partial charge in [-0.15, -0.1) is 0 Å². The number of amides is 1. The fourth-order valence-corrected chi connectivity index (χ4v) is 2.31. The van der Waals surface area contributed by atoms with Crippen molar-refractivity contribution in [3.8, 4) is 0 Å². The van der Waals surface area contributed by atoms with Gasteiger partial charge in [-0.3, -0.25) is 4.79 Å². The Morgan fingerprint density at radius 1 is 1.20 bits per heavy atom. The van der Waals surface area contributed by atoms with Crippen molar-refractivity contribution in [3.05, 3.63) is 12.2 Å². The van der Waals surface area contributed by atoms with Crippen LogP contribution >= 0.6 is 0 Å². The summed E-state index contributed by atoms with van der Waals surface area (Å²) in [5.74, 6) is -1.38. The number of piperidine rings is 1. The summed E-state index contributed by atoms with van der Waals surface area (Å²) in [7, 11) is 5.91. The molecule has 0 unspecified atom stereocenters. The van der Waals surface area contributed by atoms with Gasteiger partial charge in [-0.05, 0) is 40.0 Å². The predicted molar refractivity (Wildman–Crippen MR) is 77.6 cm³/mol. The second-order valence-corrected chi connectivity index (χ2v) is 5.45. The van der Waals surface area contributed by atoms with Gasteiger partial charge in [-0.25, -0.2) is 4.79 Å². The van der Waals surface area contributed by atoms with Gasteiger partial charge in [-0.2, -0.15) is 0 Å². The third-order valence-corrected chi connectivity index (χ3v) is 3.84. The highest BCUT2D eigenvalue weighted by atomic mass is 16.4. The number of aliphatic carboxylic acids is 1. The number of hydrogen-bond acceptors (Lipinski definition) is 4. The third-order valence-electron chi connectivity index (χ3n) is 3.84. The van der Waals surface area contributed by atoms with Crippen LogP contribution in [0.25, 0.3) is 0 Å². The van der Waals surface area contributed by atoms with Crippen LogP contribution in [0.4, 0.5) is 0 Å². The molecule has 1 amide bonds. The minimum atomic E-state index is -1.10. The number of carbonyl (C=O) groups excluding carboxylic acids is 1. The van der Waals surface area contributed by atoms with Crippen molar-refractivity contribution in [2.45, 2.75) is 18.9 Å². The fourth-order valence-electron chi connectivity index (χ4n) is 2.31. The van der Waals surface area contributed by atoms with Gasteiger partial charge in [0.15, 0.2) is 0 Å². The molecule has 1 heterocycles. The normalized spacial score (nSPS) is 17.8. The number of hydrogen-bond donors (Lipinski definition) is 1. The molecule has 1 aliphatic heterocycles. The fraction of sp³-hybridized carbons (Fsp3) is 0.714. The lowest BCUT2D eigenvalue weighted by molar-refractivity contribution is -0.132. The minimum Gasteiger partial charge on any atom is -0.478 e. The molecule has 0 aromatic heterocycles. The lowest BCUT2D eigenvalue weighted by Crippen LogP contribution is -2.44. The maximum absolute atomic E-state index is 11.6. The highest BCUT2D eigenvalue weighted by molar-refractivity contribution is 5.93. The van der Waals surface area contributed by atoms with Crippen molar-refractivity contribution in [2.75, 3.05) is 47.3 Å². The van der Waals surface area contributed by atoms with Crippen LogP contribution in [0, 0.1) is 0 Å². The van der Waals surface area contributed by atoms with E-state index in [-0.39, 0.29) is 5.91 Å². The molecule has 114 valence electrons. The van der Waals surface area contributed by atoms with Crippen molar-refractivity contribution < 1.29 is 14.7 Å². The molecule has 20 heavy (non-hydrogen) atoms. The van der Waals surface area contributed by atoms with E-state index >= 15 is 0 Å². The molecule has 6 nitrogen and oxygen atoms in total. The average Bonchev–Trinajstić information content (AvgIpc) is 2.42. The molecule has 6 heteroatoms. The third kappa shape index (κ3) is 5.71. The molecule has 1 rings (SSSR count). The van der Waals surface area contributed by atoms with E-state index in [2.05, 4.69) is 23.9 Å². The average molecular weight is 283 g/mol. The Morgan fingerprint density at radius 2 is 1.80 bits per heavy atom. The number of nitrogens with zero attached hydrogens (tertiary/aromatic N) is 3. The number of carbonyl (C=O) groups is 2. The molecule has 1 N–H and O–H groups in total. The van der Waals surface area contributed by atoms with Crippen LogP contribution in [0.1, 0.15) is 12.8 Å². The summed E-state index contributed by atoms with van der Waals surface area (Å²) >= 11 is 0. The highest BCUT2D eigenvalue weighted by Crippen LogP contribution is 2.13. The summed E-state index contributed by atoms with van der Waals surface area (Å²) in [6.07, 6.45) is 4.28. The van der Waals surface area contributed by atoms with Crippen molar-refractivity contribution in [2.24, 2.45) is 0 Å². The molecule has 0 aromatic rings. The standard InChI is InChI=1S/C14H25N3O3/c1-15-8-6-12(7-9-15)16(2)10-11-17(3)13(18)4-5-14(19)20/h4-5,12H,6-11H2,1-3H3,(H,19,20)/b5-4+. The van der Waals surface area contributed by atoms with Gasteiger partial charge in [-0.1, -0.05) is 0 Å². The van der Waals surface area contributed by atoms with Gasteiger partial charge < -0.3 is 19.8 Å². The van der Waals surface area contributed by atoms with Crippen molar-refractivity contribution in [3.63, 3.8) is 0 Å². The minimum absolute atomic E-state index is 0.274. The van der Waals surface area contributed by atoms with E-state index in [1.54, 1.807) is 11.9 Å². The van der Waals surface area contributed by atoms with Gasteiger partial charge in [0.25, 0.3) is 0 Å². The Balaban J connectivity index is 2.31. The molecule has 0 radical (unpaired) electrons. The second kappa shape index (κ2) is 8.01. The molecular formula is C14H25N3O3. The van der Waals surface area contributed by atoms with Crippen LogP contribution in [0.3, 0.4) is 0 Å². The zero-order valence-electron chi connectivity index (χ0n) is 12.6. The zero-order valence-corrected chi connectivity index (χ0v) is 12.6. The monoisotopic (exact) mass is 283 g/mol. The first-order valence-electron chi connectivity index (χ1n) is 6.95. The van der Waals surface area contributed by atoms with Crippen LogP contribution in [0.5, 0.6) is 0 Å². The van der Waals surface area contributed by atoms with Crippen molar-refractivity contribution in [1.29, 1.82) is 0 Å². The Hall–Kier alpha value is -1.40. The summed E-state index contributed by atoms with van der Waals surface area (Å²) in [6, 6.07) is 0.573. The predicted octanol–water partition coefficient (Wildman–Crippen LogP) is 0.112. The van der Waals surface area contributed by atoms with Crippen molar-refractivity contribution in [1.82, 2.24) is 14.7 Å². The molecule has 1 fully saturated rings. The summed E-state index contributed by atoms with van der Waals surface area (Å²) in [5, 5.41) is 8.48. The number of rotatable bonds is 6. The van der Waals surface area contributed by atoms with Gasteiger partial charge in [0.05, 0.1) is 0 Å². The van der Waals surface area contributed by atoms with Crippen LogP contribution in [0.2, 0.25) is 0 Å². The molecule has 0 saturated carbocycles. The number of likely N-dealkylation sites (tertiary alicyclic amines) is 1. The van der Waals surface area contributed by atoms with E-state index in [4.69, 9.17) is 5.11 Å². The lowest BCUT2D eigenvalue weighted by Gasteiger charge is -2.35. The van der Waals surface area contributed by atoms with Crippen molar-refractivity contribution >= 4 is 11.9 Å². The first kappa shape index (κ1) is 16.7. The Labute approximate surface area is 120 Å². The first-order chi connectivity index (χ1) is 9.40. The summed E-state index contributed by atoms with van der Waals surface area (Å²) < 4.78 is 0. The van der Waals surface area contributed by atoms with E-state index in [9.17, 15) is 9.59 Å². The topological polar surface area (TPSA) is 64.1 Å². The molecular weight excluding hydrogens is 258 g/mol. The molecule has 0 bridgehead atoms. The number of likely N-dealkylation sites (N-methyl/N-ethyl adjacent to an activating group) is 2. The van der Waals surface area contributed by atoms with Gasteiger partial charge in [0.2, 0.25) is 5.91 Å². The Bertz CT molecular complexity index is 363. The maximum Gasteiger partial charge on any atom is 0.328 e. The number of carboxylic acids is 1. The zero-order chi connectivity index (χ0) is 15.1. The summed E-state index contributed by atoms with van der Waals surface area (Å²) in [6.45, 7) is 3.64. The van der Waals surface area contributed by atoms with E-state index in [0.29, 0.717) is 12.6 Å². The van der Waals surface area contributed by atoms with E-state index in [1.165, 1.54) is 0 Å². The maximum atomic E-state index is 11.6. The molecule has 0 spiro atoms. The van der Waals surface area contributed by atoms with Crippen LogP contribution in [0.15, 0.2) is 12.2 Å². The van der Waals surface area contributed by atoms with E-state index in [1.807, 2.05) is 0 Å². The number of carboxylic acid groups (broad SMARTS) is 1. The van der Waals surface area contributed by atoms with Gasteiger partial charge in [0.1, 0.15) is 0 Å². The van der Waals surface area contributed by atoms with Gasteiger partial charge in [0, 0.05) is 38.3 Å². The Morgan fingerprint density at radius 3 is 2.35 bits per heavy atom. The van der Waals surface area contributed by atoms with Crippen LogP contribution in [-0.2, 0) is 9.59 Å². The quantitative estimate of drug-likeness (QED) is 0.701. The first-order valence-corrected chi connectivity index (χ1v) is 6.95. The SMILES string of the molecule is CN1CCC(N(C)CCN(C)C(=O)/C=C/C(=O)O)CC1.